The van der Waals surface area contributed by atoms with Gasteiger partial charge in [-0.05, 0) is 44.7 Å². The third-order valence-electron chi connectivity index (χ3n) is 3.44. The minimum atomic E-state index is 0.0942. The molecular weight excluding hydrogens is 266 g/mol. The predicted molar refractivity (Wildman–Crippen MR) is 85.8 cm³/mol. The molecule has 3 nitrogen and oxygen atoms in total. The smallest absolute Gasteiger partial charge is 0.0594 e. The van der Waals surface area contributed by atoms with Gasteiger partial charge < -0.3 is 5.73 Å². The molecule has 2 aromatic rings. The highest BCUT2D eigenvalue weighted by Crippen LogP contribution is 2.30. The van der Waals surface area contributed by atoms with Crippen LogP contribution in [-0.2, 0) is 6.54 Å². The Hall–Kier alpha value is -1.23. The van der Waals surface area contributed by atoms with Gasteiger partial charge in [-0.1, -0.05) is 13.0 Å². The van der Waals surface area contributed by atoms with Crippen LogP contribution < -0.4 is 5.73 Å². The Morgan fingerprint density at radius 2 is 2.10 bits per heavy atom. The van der Waals surface area contributed by atoms with Crippen molar-refractivity contribution in [2.75, 3.05) is 6.54 Å². The number of pyridine rings is 1. The Balaban J connectivity index is 2.22. The Kier molecular flexibility index (Phi) is 5.29. The molecule has 4 heteroatoms. The van der Waals surface area contributed by atoms with Gasteiger partial charge in [0.15, 0.2) is 0 Å². The molecule has 20 heavy (non-hydrogen) atoms. The highest BCUT2D eigenvalue weighted by atomic mass is 32.1. The number of likely N-dealkylation sites (N-methyl/N-ethyl adjacent to an activating group) is 1. The molecule has 0 aliphatic carbocycles. The predicted octanol–water partition coefficient (Wildman–Crippen LogP) is 3.36. The summed E-state index contributed by atoms with van der Waals surface area (Å²) in [5.74, 6) is 0. The Labute approximate surface area is 125 Å². The first-order chi connectivity index (χ1) is 9.61. The molecule has 0 saturated carbocycles. The summed E-state index contributed by atoms with van der Waals surface area (Å²) in [4.78, 5) is 9.50. The van der Waals surface area contributed by atoms with Gasteiger partial charge in [0.1, 0.15) is 0 Å². The van der Waals surface area contributed by atoms with Crippen LogP contribution in [0.4, 0.5) is 0 Å². The van der Waals surface area contributed by atoms with Crippen molar-refractivity contribution >= 4 is 11.3 Å². The highest BCUT2D eigenvalue weighted by Gasteiger charge is 2.24. The van der Waals surface area contributed by atoms with Gasteiger partial charge >= 0.3 is 0 Å². The summed E-state index contributed by atoms with van der Waals surface area (Å²) >= 11 is 1.84. The molecule has 2 atom stereocenters. The Morgan fingerprint density at radius 3 is 2.60 bits per heavy atom. The topological polar surface area (TPSA) is 42.2 Å². The van der Waals surface area contributed by atoms with Gasteiger partial charge in [-0.25, -0.2) is 0 Å². The molecule has 2 unspecified atom stereocenters. The van der Waals surface area contributed by atoms with Gasteiger partial charge in [-0.3, -0.25) is 9.88 Å². The van der Waals surface area contributed by atoms with Crippen LogP contribution in [0.5, 0.6) is 0 Å². The minimum absolute atomic E-state index is 0.0942. The molecule has 0 saturated heterocycles. The average Bonchev–Trinajstić information content (AvgIpc) is 2.85. The van der Waals surface area contributed by atoms with Crippen molar-refractivity contribution in [3.63, 3.8) is 0 Å². The van der Waals surface area contributed by atoms with Gasteiger partial charge in [0.05, 0.1) is 11.7 Å². The van der Waals surface area contributed by atoms with Crippen LogP contribution in [0.15, 0.2) is 36.5 Å². The van der Waals surface area contributed by atoms with E-state index in [-0.39, 0.29) is 12.1 Å². The fourth-order valence-electron chi connectivity index (χ4n) is 2.49. The maximum absolute atomic E-state index is 6.25. The van der Waals surface area contributed by atoms with Crippen molar-refractivity contribution in [3.8, 4) is 0 Å². The summed E-state index contributed by atoms with van der Waals surface area (Å²) in [6.45, 7) is 8.20. The van der Waals surface area contributed by atoms with Crippen molar-refractivity contribution in [1.29, 1.82) is 0 Å². The van der Waals surface area contributed by atoms with Crippen molar-refractivity contribution in [2.24, 2.45) is 5.73 Å². The Morgan fingerprint density at radius 1 is 1.30 bits per heavy atom. The molecule has 2 N–H and O–H groups in total. The standard InChI is InChI=1S/C16H23N3S/c1-4-19(11-14-7-5-6-10-18-14)16(13(3)17)15-9-8-12(2)20-15/h5-10,13,16H,4,11,17H2,1-3H3. The lowest BCUT2D eigenvalue weighted by atomic mass is 10.1. The molecule has 0 fully saturated rings. The monoisotopic (exact) mass is 289 g/mol. The second-order valence-electron chi connectivity index (χ2n) is 5.14. The third kappa shape index (κ3) is 3.66. The molecule has 0 bridgehead atoms. The average molecular weight is 289 g/mol. The number of nitrogens with zero attached hydrogens (tertiary/aromatic N) is 2. The van der Waals surface area contributed by atoms with E-state index in [4.69, 9.17) is 5.73 Å². The quantitative estimate of drug-likeness (QED) is 0.886. The van der Waals surface area contributed by atoms with Crippen LogP contribution in [0.3, 0.4) is 0 Å². The number of hydrogen-bond acceptors (Lipinski definition) is 4. The summed E-state index contributed by atoms with van der Waals surface area (Å²) in [6, 6.07) is 10.8. The van der Waals surface area contributed by atoms with Crippen LogP contribution in [0.1, 0.15) is 35.3 Å². The van der Waals surface area contributed by atoms with E-state index < -0.39 is 0 Å². The van der Waals surface area contributed by atoms with Crippen molar-refractivity contribution < 1.29 is 0 Å². The molecule has 0 aromatic carbocycles. The second-order valence-corrected chi connectivity index (χ2v) is 6.46. The number of nitrogens with two attached hydrogens (primary N) is 1. The molecule has 0 aliphatic heterocycles. The highest BCUT2D eigenvalue weighted by molar-refractivity contribution is 7.12. The van der Waals surface area contributed by atoms with Crippen LogP contribution in [-0.4, -0.2) is 22.5 Å². The van der Waals surface area contributed by atoms with E-state index in [9.17, 15) is 0 Å². The normalized spacial score (nSPS) is 14.4. The van der Waals surface area contributed by atoms with Crippen LogP contribution in [0.25, 0.3) is 0 Å². The molecule has 0 radical (unpaired) electrons. The molecule has 2 heterocycles. The first kappa shape index (κ1) is 15.2. The second kappa shape index (κ2) is 6.97. The SMILES string of the molecule is CCN(Cc1ccccn1)C(c1ccc(C)s1)C(C)N. The molecule has 0 amide bonds. The first-order valence-electron chi connectivity index (χ1n) is 7.07. The summed E-state index contributed by atoms with van der Waals surface area (Å²) in [7, 11) is 0. The zero-order valence-electron chi connectivity index (χ0n) is 12.4. The van der Waals surface area contributed by atoms with E-state index in [2.05, 4.69) is 48.9 Å². The molecule has 0 aliphatic rings. The zero-order chi connectivity index (χ0) is 14.5. The lowest BCUT2D eigenvalue weighted by Gasteiger charge is -2.32. The van der Waals surface area contributed by atoms with Gasteiger partial charge in [-0.2, -0.15) is 0 Å². The third-order valence-corrected chi connectivity index (χ3v) is 4.51. The summed E-state index contributed by atoms with van der Waals surface area (Å²) < 4.78 is 0. The maximum Gasteiger partial charge on any atom is 0.0594 e. The molecular formula is C16H23N3S. The lowest BCUT2D eigenvalue weighted by molar-refractivity contribution is 0.178. The van der Waals surface area contributed by atoms with E-state index in [1.165, 1.54) is 9.75 Å². The summed E-state index contributed by atoms with van der Waals surface area (Å²) in [6.07, 6.45) is 1.85. The molecule has 0 spiro atoms. The number of thiophene rings is 1. The number of aryl methyl sites for hydroxylation is 1. The van der Waals surface area contributed by atoms with Crippen LogP contribution >= 0.6 is 11.3 Å². The fraction of sp³-hybridized carbons (Fsp3) is 0.438. The number of hydrogen-bond donors (Lipinski definition) is 1. The molecule has 2 rings (SSSR count). The number of rotatable bonds is 6. The van der Waals surface area contributed by atoms with Crippen molar-refractivity contribution in [3.05, 3.63) is 52.0 Å². The van der Waals surface area contributed by atoms with Gasteiger partial charge in [0.2, 0.25) is 0 Å². The minimum Gasteiger partial charge on any atom is -0.326 e. The van der Waals surface area contributed by atoms with Crippen molar-refractivity contribution in [2.45, 2.75) is 39.4 Å². The van der Waals surface area contributed by atoms with Crippen LogP contribution in [0, 0.1) is 6.92 Å². The summed E-state index contributed by atoms with van der Waals surface area (Å²) in [5, 5.41) is 0. The zero-order valence-corrected chi connectivity index (χ0v) is 13.2. The van der Waals surface area contributed by atoms with Gasteiger partial charge in [0, 0.05) is 28.5 Å². The van der Waals surface area contributed by atoms with E-state index in [1.54, 1.807) is 0 Å². The van der Waals surface area contributed by atoms with E-state index in [0.717, 1.165) is 18.8 Å². The summed E-state index contributed by atoms with van der Waals surface area (Å²) in [5.41, 5.74) is 7.34. The largest absolute Gasteiger partial charge is 0.326 e. The molecule has 2 aromatic heterocycles. The molecule has 108 valence electrons. The maximum atomic E-state index is 6.25. The Bertz CT molecular complexity index is 522. The number of aromatic nitrogens is 1. The van der Waals surface area contributed by atoms with E-state index >= 15 is 0 Å². The first-order valence-corrected chi connectivity index (χ1v) is 7.89. The van der Waals surface area contributed by atoms with E-state index in [1.807, 2.05) is 29.7 Å². The van der Waals surface area contributed by atoms with Crippen molar-refractivity contribution in [1.82, 2.24) is 9.88 Å². The van der Waals surface area contributed by atoms with Gasteiger partial charge in [0.25, 0.3) is 0 Å². The lowest BCUT2D eigenvalue weighted by Crippen LogP contribution is -2.38. The van der Waals surface area contributed by atoms with Crippen LogP contribution in [0.2, 0.25) is 0 Å². The van der Waals surface area contributed by atoms with E-state index in [0.29, 0.717) is 0 Å². The fourth-order valence-corrected chi connectivity index (χ4v) is 3.62. The van der Waals surface area contributed by atoms with Gasteiger partial charge in [-0.15, -0.1) is 11.3 Å².